The zero-order valence-electron chi connectivity index (χ0n) is 12.4. The van der Waals surface area contributed by atoms with E-state index in [1.54, 1.807) is 12.1 Å². The van der Waals surface area contributed by atoms with Crippen molar-refractivity contribution in [3.05, 3.63) is 70.2 Å². The van der Waals surface area contributed by atoms with Crippen LogP contribution in [0.4, 0.5) is 0 Å². The van der Waals surface area contributed by atoms with Crippen LogP contribution in [0.25, 0.3) is 0 Å². The Morgan fingerprint density at radius 3 is 2.19 bits per heavy atom. The predicted molar refractivity (Wildman–Crippen MR) is 87.5 cm³/mol. The molecule has 0 heterocycles. The zero-order chi connectivity index (χ0) is 15.2. The minimum atomic E-state index is 0.00991. The molecule has 0 saturated carbocycles. The van der Waals surface area contributed by atoms with Gasteiger partial charge in [-0.05, 0) is 42.2 Å². The van der Waals surface area contributed by atoms with Gasteiger partial charge in [-0.2, -0.15) is 0 Å². The fraction of sp³-hybridized carbons (Fsp3) is 0.278. The van der Waals surface area contributed by atoms with Gasteiger partial charge >= 0.3 is 0 Å². The third kappa shape index (κ3) is 4.61. The number of carbonyl (C=O) groups is 1. The highest BCUT2D eigenvalue weighted by Crippen LogP contribution is 2.15. The molecule has 2 aromatic carbocycles. The molecule has 0 aliphatic heterocycles. The van der Waals surface area contributed by atoms with E-state index >= 15 is 0 Å². The van der Waals surface area contributed by atoms with Gasteiger partial charge in [-0.1, -0.05) is 54.9 Å². The zero-order valence-corrected chi connectivity index (χ0v) is 13.2. The average Bonchev–Trinajstić information content (AvgIpc) is 2.49. The van der Waals surface area contributed by atoms with Crippen molar-refractivity contribution in [2.75, 3.05) is 0 Å². The number of carbonyl (C=O) groups excluding carboxylic acids is 1. The number of amides is 1. The van der Waals surface area contributed by atoms with Gasteiger partial charge < -0.3 is 5.32 Å². The van der Waals surface area contributed by atoms with Gasteiger partial charge in [0.1, 0.15) is 0 Å². The Morgan fingerprint density at radius 2 is 1.62 bits per heavy atom. The third-order valence-corrected chi connectivity index (χ3v) is 3.80. The van der Waals surface area contributed by atoms with Crippen LogP contribution in [0.3, 0.4) is 0 Å². The van der Waals surface area contributed by atoms with Crippen molar-refractivity contribution in [3.63, 3.8) is 0 Å². The number of halogens is 1. The highest BCUT2D eigenvalue weighted by atomic mass is 35.5. The maximum absolute atomic E-state index is 12.1. The fourth-order valence-corrected chi connectivity index (χ4v) is 2.33. The summed E-state index contributed by atoms with van der Waals surface area (Å²) < 4.78 is 0. The number of hydrogen-bond donors (Lipinski definition) is 1. The SMILES string of the molecule is CCc1ccc([C@@H](C)NC(=O)Cc2ccc(Cl)cc2)cc1. The molecule has 0 bridgehead atoms. The highest BCUT2D eigenvalue weighted by Gasteiger charge is 2.10. The first-order valence-corrected chi connectivity index (χ1v) is 7.59. The van der Waals surface area contributed by atoms with E-state index in [0.717, 1.165) is 17.5 Å². The molecule has 0 fully saturated rings. The lowest BCUT2D eigenvalue weighted by molar-refractivity contribution is -0.121. The van der Waals surface area contributed by atoms with E-state index in [4.69, 9.17) is 11.6 Å². The number of rotatable bonds is 5. The summed E-state index contributed by atoms with van der Waals surface area (Å²) in [5.74, 6) is 0.0180. The van der Waals surface area contributed by atoms with Crippen LogP contribution in [0.2, 0.25) is 5.02 Å². The number of hydrogen-bond acceptors (Lipinski definition) is 1. The van der Waals surface area contributed by atoms with Crippen LogP contribution < -0.4 is 5.32 Å². The summed E-state index contributed by atoms with van der Waals surface area (Å²) in [7, 11) is 0. The second-order valence-electron chi connectivity index (χ2n) is 5.19. The van der Waals surface area contributed by atoms with E-state index in [1.807, 2.05) is 19.1 Å². The summed E-state index contributed by atoms with van der Waals surface area (Å²) >= 11 is 5.84. The summed E-state index contributed by atoms with van der Waals surface area (Å²) in [5.41, 5.74) is 3.39. The minimum Gasteiger partial charge on any atom is -0.349 e. The lowest BCUT2D eigenvalue weighted by Gasteiger charge is -2.15. The normalized spacial score (nSPS) is 12.0. The summed E-state index contributed by atoms with van der Waals surface area (Å²) in [5, 5.41) is 3.71. The van der Waals surface area contributed by atoms with Crippen LogP contribution in [-0.4, -0.2) is 5.91 Å². The van der Waals surface area contributed by atoms with E-state index in [2.05, 4.69) is 36.5 Å². The van der Waals surface area contributed by atoms with Gasteiger partial charge in [-0.25, -0.2) is 0 Å². The maximum Gasteiger partial charge on any atom is 0.224 e. The van der Waals surface area contributed by atoms with Crippen LogP contribution in [0, 0.1) is 0 Å². The number of nitrogens with one attached hydrogen (secondary N) is 1. The molecule has 2 nitrogen and oxygen atoms in total. The molecule has 0 unspecified atom stereocenters. The molecule has 0 aliphatic carbocycles. The van der Waals surface area contributed by atoms with Crippen molar-refractivity contribution in [3.8, 4) is 0 Å². The Kier molecular flexibility index (Phi) is 5.40. The van der Waals surface area contributed by atoms with Gasteiger partial charge in [-0.15, -0.1) is 0 Å². The monoisotopic (exact) mass is 301 g/mol. The molecule has 2 rings (SSSR count). The van der Waals surface area contributed by atoms with Crippen LogP contribution >= 0.6 is 11.6 Å². The van der Waals surface area contributed by atoms with Crippen molar-refractivity contribution in [1.82, 2.24) is 5.32 Å². The van der Waals surface area contributed by atoms with Gasteiger partial charge in [0, 0.05) is 5.02 Å². The van der Waals surface area contributed by atoms with E-state index < -0.39 is 0 Å². The second-order valence-corrected chi connectivity index (χ2v) is 5.62. The summed E-state index contributed by atoms with van der Waals surface area (Å²) in [6.45, 7) is 4.13. The molecule has 0 aromatic heterocycles. The van der Waals surface area contributed by atoms with Crippen LogP contribution in [-0.2, 0) is 17.6 Å². The molecule has 0 spiro atoms. The molecule has 110 valence electrons. The molecule has 0 aliphatic rings. The lowest BCUT2D eigenvalue weighted by atomic mass is 10.0. The van der Waals surface area contributed by atoms with Crippen molar-refractivity contribution < 1.29 is 4.79 Å². The number of benzene rings is 2. The Morgan fingerprint density at radius 1 is 1.05 bits per heavy atom. The summed E-state index contributed by atoms with van der Waals surface area (Å²) in [4.78, 5) is 12.1. The van der Waals surface area contributed by atoms with Crippen molar-refractivity contribution >= 4 is 17.5 Å². The van der Waals surface area contributed by atoms with E-state index in [-0.39, 0.29) is 11.9 Å². The molecule has 0 radical (unpaired) electrons. The number of aryl methyl sites for hydroxylation is 1. The summed E-state index contributed by atoms with van der Waals surface area (Å²) in [6.07, 6.45) is 1.39. The van der Waals surface area contributed by atoms with E-state index in [9.17, 15) is 4.79 Å². The van der Waals surface area contributed by atoms with Crippen LogP contribution in [0.1, 0.15) is 36.6 Å². The van der Waals surface area contributed by atoms with Gasteiger partial charge in [-0.3, -0.25) is 4.79 Å². The Labute approximate surface area is 131 Å². The van der Waals surface area contributed by atoms with Gasteiger partial charge in [0.15, 0.2) is 0 Å². The first kappa shape index (κ1) is 15.6. The van der Waals surface area contributed by atoms with E-state index in [0.29, 0.717) is 11.4 Å². The first-order valence-electron chi connectivity index (χ1n) is 7.21. The van der Waals surface area contributed by atoms with Crippen LogP contribution in [0.15, 0.2) is 48.5 Å². The largest absolute Gasteiger partial charge is 0.349 e. The Bertz CT molecular complexity index is 590. The molecule has 0 saturated heterocycles. The van der Waals surface area contributed by atoms with Gasteiger partial charge in [0.25, 0.3) is 0 Å². The molecule has 21 heavy (non-hydrogen) atoms. The smallest absolute Gasteiger partial charge is 0.224 e. The minimum absolute atomic E-state index is 0.00991. The summed E-state index contributed by atoms with van der Waals surface area (Å²) in [6, 6.07) is 15.7. The molecule has 1 atom stereocenters. The van der Waals surface area contributed by atoms with E-state index in [1.165, 1.54) is 5.56 Å². The lowest BCUT2D eigenvalue weighted by Crippen LogP contribution is -2.28. The second kappa shape index (κ2) is 7.28. The molecular formula is C18H20ClNO. The Hall–Kier alpha value is -1.80. The van der Waals surface area contributed by atoms with Crippen molar-refractivity contribution in [2.45, 2.75) is 32.7 Å². The molecule has 1 amide bonds. The van der Waals surface area contributed by atoms with Gasteiger partial charge in [0.05, 0.1) is 12.5 Å². The third-order valence-electron chi connectivity index (χ3n) is 3.54. The average molecular weight is 302 g/mol. The fourth-order valence-electron chi connectivity index (χ4n) is 2.21. The topological polar surface area (TPSA) is 29.1 Å². The quantitative estimate of drug-likeness (QED) is 0.875. The first-order chi connectivity index (χ1) is 10.1. The molecule has 2 aromatic rings. The molecular weight excluding hydrogens is 282 g/mol. The van der Waals surface area contributed by atoms with Crippen molar-refractivity contribution in [2.24, 2.45) is 0 Å². The standard InChI is InChI=1S/C18H20ClNO/c1-3-14-4-8-16(9-5-14)13(2)20-18(21)12-15-6-10-17(19)11-7-15/h4-11,13H,3,12H2,1-2H3,(H,20,21)/t13-/m1/s1. The van der Waals surface area contributed by atoms with Crippen molar-refractivity contribution in [1.29, 1.82) is 0 Å². The predicted octanol–water partition coefficient (Wildman–Crippen LogP) is 4.32. The highest BCUT2D eigenvalue weighted by molar-refractivity contribution is 6.30. The molecule has 3 heteroatoms. The van der Waals surface area contributed by atoms with Crippen LogP contribution in [0.5, 0.6) is 0 Å². The molecule has 1 N–H and O–H groups in total. The Balaban J connectivity index is 1.93. The maximum atomic E-state index is 12.1. The van der Waals surface area contributed by atoms with Gasteiger partial charge in [0.2, 0.25) is 5.91 Å².